The first-order valence-corrected chi connectivity index (χ1v) is 8.68. The molecule has 2 aliphatic heterocycles. The first kappa shape index (κ1) is 16.3. The average molecular weight is 367 g/mol. The van der Waals surface area contributed by atoms with Gasteiger partial charge in [0.15, 0.2) is 0 Å². The standard InChI is InChI=1S/C16H15F2N3O3S/c17-5-12-21-10-4-11(20-2-1-7(19)6-20)9(18)3-8(10)14(22)13(16(23)24)15(21)25-12/h3-4,7,12H,1-2,5-6,19H2,(H,23,24)/t7-,12?/m1/s1. The van der Waals surface area contributed by atoms with Gasteiger partial charge in [-0.15, -0.1) is 0 Å². The van der Waals surface area contributed by atoms with Gasteiger partial charge in [0.2, 0.25) is 5.43 Å². The van der Waals surface area contributed by atoms with Gasteiger partial charge >= 0.3 is 5.97 Å². The van der Waals surface area contributed by atoms with Crippen LogP contribution in [-0.4, -0.2) is 41.4 Å². The number of fused-ring (bicyclic) bond motifs is 3. The zero-order valence-corrected chi connectivity index (χ0v) is 13.9. The number of carbonyl (C=O) groups is 1. The van der Waals surface area contributed by atoms with Gasteiger partial charge in [-0.2, -0.15) is 0 Å². The molecule has 1 aromatic carbocycles. The number of pyridine rings is 1. The van der Waals surface area contributed by atoms with E-state index in [9.17, 15) is 23.5 Å². The van der Waals surface area contributed by atoms with Crippen LogP contribution in [0.4, 0.5) is 14.5 Å². The molecule has 0 spiro atoms. The maximum Gasteiger partial charge on any atom is 0.342 e. The fourth-order valence-electron chi connectivity index (χ4n) is 3.47. The van der Waals surface area contributed by atoms with Gasteiger partial charge in [-0.3, -0.25) is 4.79 Å². The van der Waals surface area contributed by atoms with E-state index in [0.29, 0.717) is 24.3 Å². The maximum atomic E-state index is 14.6. The number of nitrogens with two attached hydrogens (primary N) is 1. The summed E-state index contributed by atoms with van der Waals surface area (Å²) in [6, 6.07) is 2.50. The van der Waals surface area contributed by atoms with Gasteiger partial charge in [-0.1, -0.05) is 11.8 Å². The lowest BCUT2D eigenvalue weighted by molar-refractivity contribution is 0.0689. The molecule has 0 saturated carbocycles. The molecule has 6 nitrogen and oxygen atoms in total. The van der Waals surface area contributed by atoms with Crippen LogP contribution in [0, 0.1) is 5.82 Å². The van der Waals surface area contributed by atoms with E-state index >= 15 is 0 Å². The third-order valence-corrected chi connectivity index (χ3v) is 5.91. The number of anilines is 1. The van der Waals surface area contributed by atoms with Gasteiger partial charge in [0, 0.05) is 24.5 Å². The molecule has 2 atom stereocenters. The quantitative estimate of drug-likeness (QED) is 0.862. The Morgan fingerprint density at radius 2 is 2.20 bits per heavy atom. The van der Waals surface area contributed by atoms with Crippen molar-refractivity contribution in [3.05, 3.63) is 33.7 Å². The van der Waals surface area contributed by atoms with Gasteiger partial charge in [0.1, 0.15) is 23.4 Å². The van der Waals surface area contributed by atoms with Gasteiger partial charge in [-0.05, 0) is 18.6 Å². The Bertz CT molecular complexity index is 962. The van der Waals surface area contributed by atoms with Crippen molar-refractivity contribution < 1.29 is 18.7 Å². The molecule has 1 fully saturated rings. The zero-order chi connectivity index (χ0) is 17.9. The molecule has 4 rings (SSSR count). The van der Waals surface area contributed by atoms with Crippen molar-refractivity contribution in [2.75, 3.05) is 24.7 Å². The van der Waals surface area contributed by atoms with E-state index in [4.69, 9.17) is 5.73 Å². The molecule has 0 radical (unpaired) electrons. The van der Waals surface area contributed by atoms with Crippen LogP contribution in [0.3, 0.4) is 0 Å². The highest BCUT2D eigenvalue weighted by Gasteiger charge is 2.36. The highest BCUT2D eigenvalue weighted by atomic mass is 32.2. The second kappa shape index (κ2) is 5.70. The Balaban J connectivity index is 1.99. The van der Waals surface area contributed by atoms with Gasteiger partial charge < -0.3 is 20.3 Å². The van der Waals surface area contributed by atoms with E-state index in [1.54, 1.807) is 4.90 Å². The first-order valence-electron chi connectivity index (χ1n) is 7.80. The lowest BCUT2D eigenvalue weighted by Crippen LogP contribution is -2.31. The number of hydrogen-bond acceptors (Lipinski definition) is 5. The molecule has 0 aliphatic carbocycles. The highest BCUT2D eigenvalue weighted by molar-refractivity contribution is 8.00. The summed E-state index contributed by atoms with van der Waals surface area (Å²) in [4.78, 5) is 25.7. The molecule has 3 N–H and O–H groups in total. The minimum Gasteiger partial charge on any atom is -0.477 e. The topological polar surface area (TPSA) is 88.6 Å². The number of halogens is 2. The summed E-state index contributed by atoms with van der Waals surface area (Å²) in [5.74, 6) is -2.00. The number of benzene rings is 1. The first-order chi connectivity index (χ1) is 11.9. The number of carboxylic acid groups (broad SMARTS) is 1. The van der Waals surface area contributed by atoms with E-state index in [1.165, 1.54) is 10.6 Å². The Labute approximate surface area is 145 Å². The number of aromatic carboxylic acids is 1. The third-order valence-electron chi connectivity index (χ3n) is 4.68. The predicted octanol–water partition coefficient (Wildman–Crippen LogP) is 1.95. The molecule has 3 heterocycles. The van der Waals surface area contributed by atoms with Crippen LogP contribution in [0.25, 0.3) is 10.9 Å². The van der Waals surface area contributed by atoms with Crippen molar-refractivity contribution >= 4 is 34.3 Å². The molecular weight excluding hydrogens is 352 g/mol. The van der Waals surface area contributed by atoms with Crippen LogP contribution in [-0.2, 0) is 0 Å². The minimum absolute atomic E-state index is 0.0513. The number of rotatable bonds is 3. The fourth-order valence-corrected chi connectivity index (χ4v) is 4.59. The second-order valence-corrected chi connectivity index (χ2v) is 7.39. The normalized spacial score (nSPS) is 22.1. The van der Waals surface area contributed by atoms with E-state index < -0.39 is 34.8 Å². The van der Waals surface area contributed by atoms with E-state index in [2.05, 4.69) is 0 Å². The summed E-state index contributed by atoms with van der Waals surface area (Å²) in [5, 5.41) is 8.86. The summed E-state index contributed by atoms with van der Waals surface area (Å²) in [7, 11) is 0. The van der Waals surface area contributed by atoms with E-state index in [-0.39, 0.29) is 16.5 Å². The van der Waals surface area contributed by atoms with Crippen LogP contribution >= 0.6 is 11.8 Å². The van der Waals surface area contributed by atoms with Crippen LogP contribution in [0.5, 0.6) is 0 Å². The molecule has 1 aromatic heterocycles. The molecule has 2 aliphatic rings. The Hall–Kier alpha value is -2.13. The van der Waals surface area contributed by atoms with Gasteiger partial charge in [-0.25, -0.2) is 13.6 Å². The minimum atomic E-state index is -1.39. The Morgan fingerprint density at radius 1 is 1.44 bits per heavy atom. The van der Waals surface area contributed by atoms with Gasteiger partial charge in [0.05, 0.1) is 16.2 Å². The average Bonchev–Trinajstić information content (AvgIpc) is 2.96. The monoisotopic (exact) mass is 367 g/mol. The highest BCUT2D eigenvalue weighted by Crippen LogP contribution is 2.47. The summed E-state index contributed by atoms with van der Waals surface area (Å²) in [6.45, 7) is 0.374. The lowest BCUT2D eigenvalue weighted by Gasteiger charge is -2.33. The SMILES string of the molecule is N[C@@H]1CCN(c2cc3c(cc2F)c(=O)c(C(=O)O)c2n3C(CF)S2)C1. The Kier molecular flexibility index (Phi) is 3.73. The molecule has 25 heavy (non-hydrogen) atoms. The lowest BCUT2D eigenvalue weighted by atomic mass is 10.1. The molecule has 0 bridgehead atoms. The van der Waals surface area contributed by atoms with Crippen molar-refractivity contribution in [3.63, 3.8) is 0 Å². The van der Waals surface area contributed by atoms with Crippen molar-refractivity contribution in [2.45, 2.75) is 22.9 Å². The molecule has 1 unspecified atom stereocenters. The van der Waals surface area contributed by atoms with Crippen molar-refractivity contribution in [2.24, 2.45) is 5.73 Å². The molecule has 0 amide bonds. The number of hydrogen-bond donors (Lipinski definition) is 2. The molecule has 2 aromatic rings. The number of alkyl halides is 1. The third kappa shape index (κ3) is 2.33. The Morgan fingerprint density at radius 3 is 2.80 bits per heavy atom. The van der Waals surface area contributed by atoms with E-state index in [1.807, 2.05) is 0 Å². The summed E-state index contributed by atoms with van der Waals surface area (Å²) in [6.07, 6.45) is 0.733. The molecular formula is C16H15F2N3O3S. The van der Waals surface area contributed by atoms with Crippen molar-refractivity contribution in [1.82, 2.24) is 4.57 Å². The van der Waals surface area contributed by atoms with E-state index in [0.717, 1.165) is 24.2 Å². The summed E-state index contributed by atoms with van der Waals surface area (Å²) < 4.78 is 29.3. The fraction of sp³-hybridized carbons (Fsp3) is 0.375. The van der Waals surface area contributed by atoms with Crippen LogP contribution in [0.1, 0.15) is 22.2 Å². The number of thioether (sulfide) groups is 1. The number of nitrogens with zero attached hydrogens (tertiary/aromatic N) is 2. The van der Waals surface area contributed by atoms with Crippen LogP contribution < -0.4 is 16.1 Å². The number of carboxylic acids is 1. The van der Waals surface area contributed by atoms with Crippen molar-refractivity contribution in [1.29, 1.82) is 0 Å². The van der Waals surface area contributed by atoms with Crippen molar-refractivity contribution in [3.8, 4) is 0 Å². The summed E-state index contributed by atoms with van der Waals surface area (Å²) in [5.41, 5.74) is 5.34. The zero-order valence-electron chi connectivity index (χ0n) is 13.0. The molecule has 9 heteroatoms. The second-order valence-electron chi connectivity index (χ2n) is 6.23. The maximum absolute atomic E-state index is 14.6. The molecule has 132 valence electrons. The molecule has 1 saturated heterocycles. The van der Waals surface area contributed by atoms with Crippen LogP contribution in [0.2, 0.25) is 0 Å². The van der Waals surface area contributed by atoms with Gasteiger partial charge in [0.25, 0.3) is 0 Å². The predicted molar refractivity (Wildman–Crippen MR) is 90.8 cm³/mol. The van der Waals surface area contributed by atoms with Crippen LogP contribution in [0.15, 0.2) is 22.0 Å². The largest absolute Gasteiger partial charge is 0.477 e. The summed E-state index contributed by atoms with van der Waals surface area (Å²) >= 11 is 1.01. The smallest absolute Gasteiger partial charge is 0.342 e. The number of aromatic nitrogens is 1.